The zero-order valence-corrected chi connectivity index (χ0v) is 14.5. The largest absolute Gasteiger partial charge is 0.433 e. The molecule has 1 unspecified atom stereocenters. The Morgan fingerprint density at radius 3 is 2.33 bits per heavy atom. The van der Waals surface area contributed by atoms with Crippen molar-refractivity contribution < 1.29 is 13.2 Å². The van der Waals surface area contributed by atoms with Gasteiger partial charge in [0.05, 0.1) is 0 Å². The van der Waals surface area contributed by atoms with Crippen molar-refractivity contribution >= 4 is 0 Å². The van der Waals surface area contributed by atoms with Crippen LogP contribution in [0.25, 0.3) is 0 Å². The molecule has 0 aromatic carbocycles. The summed E-state index contributed by atoms with van der Waals surface area (Å²) in [7, 11) is 0. The molecule has 0 saturated heterocycles. The molecule has 0 aliphatic rings. The van der Waals surface area contributed by atoms with Crippen LogP contribution >= 0.6 is 0 Å². The highest BCUT2D eigenvalue weighted by molar-refractivity contribution is 5.26. The molecule has 0 bridgehead atoms. The average Bonchev–Trinajstić information content (AvgIpc) is 2.52. The van der Waals surface area contributed by atoms with Gasteiger partial charge in [0.15, 0.2) is 0 Å². The molecule has 0 aliphatic carbocycles. The summed E-state index contributed by atoms with van der Waals surface area (Å²) in [6.45, 7) is 8.07. The van der Waals surface area contributed by atoms with Crippen LogP contribution in [-0.4, -0.2) is 9.97 Å². The standard InChI is InChI=1S/C19H23F3N2/c1-13-6-9-23-16(11-13)14(2)5-8-18(3,4)15-7-10-24-17(12-15)19(20,21)22/h6-7,9-12,14H,5,8H2,1-4H3. The number of pyridine rings is 2. The summed E-state index contributed by atoms with van der Waals surface area (Å²) in [5.74, 6) is 0.257. The van der Waals surface area contributed by atoms with E-state index in [4.69, 9.17) is 0 Å². The third-order valence-electron chi connectivity index (χ3n) is 4.48. The Labute approximate surface area is 141 Å². The summed E-state index contributed by atoms with van der Waals surface area (Å²) in [6, 6.07) is 6.85. The van der Waals surface area contributed by atoms with Crippen LogP contribution in [-0.2, 0) is 11.6 Å². The van der Waals surface area contributed by atoms with Crippen LogP contribution in [0.15, 0.2) is 36.7 Å². The Hall–Kier alpha value is -1.91. The Morgan fingerprint density at radius 2 is 1.71 bits per heavy atom. The average molecular weight is 336 g/mol. The lowest BCUT2D eigenvalue weighted by Gasteiger charge is -2.27. The summed E-state index contributed by atoms with van der Waals surface area (Å²) >= 11 is 0. The van der Waals surface area contributed by atoms with Crippen molar-refractivity contribution in [2.24, 2.45) is 0 Å². The van der Waals surface area contributed by atoms with Crippen molar-refractivity contribution in [1.29, 1.82) is 0 Å². The predicted octanol–water partition coefficient (Wildman–Crippen LogP) is 5.67. The SMILES string of the molecule is Cc1ccnc(C(C)CCC(C)(C)c2ccnc(C(F)(F)F)c2)c1. The van der Waals surface area contributed by atoms with E-state index in [9.17, 15) is 13.2 Å². The third-order valence-corrected chi connectivity index (χ3v) is 4.48. The van der Waals surface area contributed by atoms with Crippen molar-refractivity contribution in [3.05, 3.63) is 59.2 Å². The van der Waals surface area contributed by atoms with Gasteiger partial charge in [0.2, 0.25) is 0 Å². The van der Waals surface area contributed by atoms with Crippen LogP contribution in [0.2, 0.25) is 0 Å². The molecule has 2 nitrogen and oxygen atoms in total. The zero-order valence-electron chi connectivity index (χ0n) is 14.5. The second-order valence-electron chi connectivity index (χ2n) is 7.01. The van der Waals surface area contributed by atoms with E-state index >= 15 is 0 Å². The Balaban J connectivity index is 2.11. The molecular weight excluding hydrogens is 313 g/mol. The lowest BCUT2D eigenvalue weighted by atomic mass is 9.78. The number of aromatic nitrogens is 2. The van der Waals surface area contributed by atoms with Gasteiger partial charge in [0.1, 0.15) is 5.69 Å². The minimum absolute atomic E-state index is 0.257. The molecule has 0 amide bonds. The minimum atomic E-state index is -4.41. The smallest absolute Gasteiger partial charge is 0.261 e. The van der Waals surface area contributed by atoms with Crippen LogP contribution in [0.3, 0.4) is 0 Å². The number of nitrogens with zero attached hydrogens (tertiary/aromatic N) is 2. The second kappa shape index (κ2) is 6.91. The number of hydrogen-bond donors (Lipinski definition) is 0. The molecule has 2 heterocycles. The van der Waals surface area contributed by atoms with Crippen LogP contribution in [0.5, 0.6) is 0 Å². The first-order chi connectivity index (χ1) is 11.1. The normalized spacial score (nSPS) is 13.8. The van der Waals surface area contributed by atoms with Gasteiger partial charge in [-0.1, -0.05) is 20.8 Å². The summed E-state index contributed by atoms with van der Waals surface area (Å²) in [6.07, 6.45) is 0.249. The molecule has 2 aromatic rings. The molecule has 130 valence electrons. The minimum Gasteiger partial charge on any atom is -0.261 e. The summed E-state index contributed by atoms with van der Waals surface area (Å²) in [4.78, 5) is 7.84. The first-order valence-corrected chi connectivity index (χ1v) is 8.06. The molecule has 0 fully saturated rings. The molecular formula is C19H23F3N2. The third kappa shape index (κ3) is 4.56. The topological polar surface area (TPSA) is 25.8 Å². The fraction of sp³-hybridized carbons (Fsp3) is 0.474. The number of rotatable bonds is 5. The van der Waals surface area contributed by atoms with Crippen molar-refractivity contribution in [1.82, 2.24) is 9.97 Å². The summed E-state index contributed by atoms with van der Waals surface area (Å²) in [5, 5.41) is 0. The van der Waals surface area contributed by atoms with E-state index in [1.165, 1.54) is 6.20 Å². The van der Waals surface area contributed by atoms with Crippen LogP contribution in [0.4, 0.5) is 13.2 Å². The van der Waals surface area contributed by atoms with Crippen LogP contribution < -0.4 is 0 Å². The molecule has 0 spiro atoms. The Kier molecular flexibility index (Phi) is 5.31. The van der Waals surface area contributed by atoms with Crippen molar-refractivity contribution in [2.45, 2.75) is 58.0 Å². The van der Waals surface area contributed by atoms with E-state index in [0.717, 1.165) is 30.2 Å². The molecule has 5 heteroatoms. The van der Waals surface area contributed by atoms with Crippen molar-refractivity contribution in [3.63, 3.8) is 0 Å². The maximum absolute atomic E-state index is 12.9. The van der Waals surface area contributed by atoms with E-state index in [1.807, 2.05) is 26.8 Å². The van der Waals surface area contributed by atoms with Gasteiger partial charge in [-0.2, -0.15) is 13.2 Å². The number of alkyl halides is 3. The fourth-order valence-corrected chi connectivity index (χ4v) is 2.71. The van der Waals surface area contributed by atoms with Gasteiger partial charge < -0.3 is 0 Å². The molecule has 2 aromatic heterocycles. The Bertz CT molecular complexity index is 693. The first kappa shape index (κ1) is 18.4. The van der Waals surface area contributed by atoms with Gasteiger partial charge in [0.25, 0.3) is 0 Å². The Morgan fingerprint density at radius 1 is 1.04 bits per heavy atom. The zero-order chi connectivity index (χ0) is 18.0. The van der Waals surface area contributed by atoms with E-state index in [1.54, 1.807) is 12.3 Å². The van der Waals surface area contributed by atoms with Crippen LogP contribution in [0, 0.1) is 6.92 Å². The highest BCUT2D eigenvalue weighted by Gasteiger charge is 2.34. The van der Waals surface area contributed by atoms with Gasteiger partial charge in [-0.25, -0.2) is 0 Å². The lowest BCUT2D eigenvalue weighted by Crippen LogP contribution is -2.20. The molecule has 0 saturated carbocycles. The molecule has 24 heavy (non-hydrogen) atoms. The maximum atomic E-state index is 12.9. The fourth-order valence-electron chi connectivity index (χ4n) is 2.71. The summed E-state index contributed by atoms with van der Waals surface area (Å²) < 4.78 is 38.6. The number of aryl methyl sites for hydroxylation is 1. The highest BCUT2D eigenvalue weighted by Crippen LogP contribution is 2.35. The molecule has 1 atom stereocenters. The quantitative estimate of drug-likeness (QED) is 0.703. The van der Waals surface area contributed by atoms with Crippen molar-refractivity contribution in [2.75, 3.05) is 0 Å². The van der Waals surface area contributed by atoms with Gasteiger partial charge >= 0.3 is 6.18 Å². The molecule has 0 N–H and O–H groups in total. The van der Waals surface area contributed by atoms with Crippen molar-refractivity contribution in [3.8, 4) is 0 Å². The maximum Gasteiger partial charge on any atom is 0.433 e. The van der Waals surface area contributed by atoms with E-state index < -0.39 is 11.9 Å². The summed E-state index contributed by atoms with van der Waals surface area (Å²) in [5.41, 5.74) is 1.66. The van der Waals surface area contributed by atoms with Gasteiger partial charge in [0, 0.05) is 18.1 Å². The number of halogens is 3. The monoisotopic (exact) mass is 336 g/mol. The van der Waals surface area contributed by atoms with Gasteiger partial charge in [-0.05, 0) is 66.5 Å². The van der Waals surface area contributed by atoms with Gasteiger partial charge in [-0.3, -0.25) is 9.97 Å². The van der Waals surface area contributed by atoms with E-state index in [2.05, 4.69) is 23.0 Å². The molecule has 0 aliphatic heterocycles. The van der Waals surface area contributed by atoms with E-state index in [0.29, 0.717) is 5.56 Å². The number of hydrogen-bond acceptors (Lipinski definition) is 2. The van der Waals surface area contributed by atoms with Crippen LogP contribution in [0.1, 0.15) is 62.0 Å². The second-order valence-corrected chi connectivity index (χ2v) is 7.01. The van der Waals surface area contributed by atoms with E-state index in [-0.39, 0.29) is 11.3 Å². The van der Waals surface area contributed by atoms with Gasteiger partial charge in [-0.15, -0.1) is 0 Å². The highest BCUT2D eigenvalue weighted by atomic mass is 19.4. The first-order valence-electron chi connectivity index (χ1n) is 8.06. The molecule has 0 radical (unpaired) electrons. The molecule has 2 rings (SSSR count). The lowest BCUT2D eigenvalue weighted by molar-refractivity contribution is -0.141. The predicted molar refractivity (Wildman–Crippen MR) is 88.9 cm³/mol.